The second-order valence-electron chi connectivity index (χ2n) is 3.03. The summed E-state index contributed by atoms with van der Waals surface area (Å²) in [6.07, 6.45) is 10.1. The molecule has 2 heterocycles. The number of hydrogen-bond donors (Lipinski definition) is 0. The number of fused-ring (bicyclic) bond motifs is 1. The molecule has 0 saturated heterocycles. The highest BCUT2D eigenvalue weighted by Crippen LogP contribution is 2.13. The molecule has 59 valence electrons. The summed E-state index contributed by atoms with van der Waals surface area (Å²) in [5.41, 5.74) is 0. The molecular formula is C9H13N2. The summed E-state index contributed by atoms with van der Waals surface area (Å²) < 4.78 is 0. The smallest absolute Gasteiger partial charge is 0.103 e. The Morgan fingerprint density at radius 1 is 1.45 bits per heavy atom. The second kappa shape index (κ2) is 3.07. The van der Waals surface area contributed by atoms with Crippen LogP contribution >= 0.6 is 0 Å². The fraction of sp³-hybridized carbons (Fsp3) is 0.667. The van der Waals surface area contributed by atoms with Crippen LogP contribution in [0.25, 0.3) is 0 Å². The molecule has 2 aliphatic rings. The van der Waals surface area contributed by atoms with E-state index < -0.39 is 0 Å². The predicted molar refractivity (Wildman–Crippen MR) is 45.3 cm³/mol. The maximum Gasteiger partial charge on any atom is 0.103 e. The van der Waals surface area contributed by atoms with Gasteiger partial charge in [-0.2, -0.15) is 0 Å². The highest BCUT2D eigenvalue weighted by molar-refractivity contribution is 5.83. The van der Waals surface area contributed by atoms with Crippen LogP contribution in [-0.4, -0.2) is 23.8 Å². The molecule has 1 radical (unpaired) electrons. The van der Waals surface area contributed by atoms with Crippen molar-refractivity contribution in [1.82, 2.24) is 4.90 Å². The first kappa shape index (κ1) is 6.89. The van der Waals surface area contributed by atoms with Gasteiger partial charge < -0.3 is 4.90 Å². The van der Waals surface area contributed by atoms with Crippen LogP contribution in [0.4, 0.5) is 0 Å². The van der Waals surface area contributed by atoms with Gasteiger partial charge in [-0.25, -0.2) is 0 Å². The number of allylic oxidation sites excluding steroid dienone is 1. The van der Waals surface area contributed by atoms with Gasteiger partial charge in [0.15, 0.2) is 0 Å². The lowest BCUT2D eigenvalue weighted by atomic mass is 10.2. The molecule has 0 spiro atoms. The van der Waals surface area contributed by atoms with E-state index in [4.69, 9.17) is 0 Å². The first-order valence-electron chi connectivity index (χ1n) is 4.35. The van der Waals surface area contributed by atoms with E-state index in [0.717, 1.165) is 25.9 Å². The van der Waals surface area contributed by atoms with Crippen LogP contribution in [0.15, 0.2) is 11.1 Å². The summed E-state index contributed by atoms with van der Waals surface area (Å²) in [5, 5.41) is 0. The van der Waals surface area contributed by atoms with Gasteiger partial charge in [-0.3, -0.25) is 4.99 Å². The van der Waals surface area contributed by atoms with E-state index in [9.17, 15) is 0 Å². The minimum Gasteiger partial charge on any atom is -0.329 e. The third-order valence-electron chi connectivity index (χ3n) is 2.14. The van der Waals surface area contributed by atoms with Crippen molar-refractivity contribution < 1.29 is 0 Å². The minimum atomic E-state index is 1.02. The normalized spacial score (nSPS) is 24.0. The molecule has 0 bridgehead atoms. The van der Waals surface area contributed by atoms with Crippen LogP contribution in [0.1, 0.15) is 25.7 Å². The molecule has 11 heavy (non-hydrogen) atoms. The molecule has 0 atom stereocenters. The number of rotatable bonds is 0. The molecule has 0 unspecified atom stereocenters. The molecule has 2 heteroatoms. The van der Waals surface area contributed by atoms with Gasteiger partial charge in [0.2, 0.25) is 0 Å². The minimum absolute atomic E-state index is 1.02. The monoisotopic (exact) mass is 149 g/mol. The summed E-state index contributed by atoms with van der Waals surface area (Å²) in [7, 11) is 0. The van der Waals surface area contributed by atoms with Crippen molar-refractivity contribution in [2.45, 2.75) is 25.7 Å². The molecule has 0 aliphatic carbocycles. The molecule has 0 N–H and O–H groups in total. The molecule has 2 nitrogen and oxygen atoms in total. The van der Waals surface area contributed by atoms with Gasteiger partial charge in [-0.15, -0.1) is 0 Å². The topological polar surface area (TPSA) is 15.6 Å². The fourth-order valence-electron chi connectivity index (χ4n) is 1.54. The molecule has 0 aromatic heterocycles. The van der Waals surface area contributed by atoms with Crippen LogP contribution < -0.4 is 0 Å². The zero-order chi connectivity index (χ0) is 7.52. The van der Waals surface area contributed by atoms with Crippen LogP contribution in [0.3, 0.4) is 0 Å². The van der Waals surface area contributed by atoms with Gasteiger partial charge in [0.1, 0.15) is 5.84 Å². The lowest BCUT2D eigenvalue weighted by Crippen LogP contribution is -2.30. The van der Waals surface area contributed by atoms with E-state index in [0.29, 0.717) is 0 Å². The van der Waals surface area contributed by atoms with Gasteiger partial charge in [0.25, 0.3) is 0 Å². The average Bonchev–Trinajstić information content (AvgIpc) is 2.28. The van der Waals surface area contributed by atoms with Crippen LogP contribution in [0.2, 0.25) is 0 Å². The molecule has 0 aromatic carbocycles. The summed E-state index contributed by atoms with van der Waals surface area (Å²) in [4.78, 5) is 6.65. The Labute approximate surface area is 67.6 Å². The molecule has 2 rings (SSSR count). The van der Waals surface area contributed by atoms with E-state index >= 15 is 0 Å². The lowest BCUT2D eigenvalue weighted by molar-refractivity contribution is 0.483. The van der Waals surface area contributed by atoms with Crippen molar-refractivity contribution in [3.63, 3.8) is 0 Å². The van der Waals surface area contributed by atoms with Gasteiger partial charge in [0.05, 0.1) is 6.20 Å². The first-order chi connectivity index (χ1) is 5.47. The Balaban J connectivity index is 2.16. The summed E-state index contributed by atoms with van der Waals surface area (Å²) in [5.74, 6) is 1.25. The van der Waals surface area contributed by atoms with E-state index in [1.165, 1.54) is 18.7 Å². The zero-order valence-corrected chi connectivity index (χ0v) is 6.71. The molecule has 0 amide bonds. The lowest BCUT2D eigenvalue weighted by Gasteiger charge is -2.23. The standard InChI is InChI=1S/C9H13N2/c1-2-5-9-10-6-4-8-11(9)7-3-1/h3H,1-2,4-6,8H2. The number of hydrogen-bond acceptors (Lipinski definition) is 2. The van der Waals surface area contributed by atoms with Crippen molar-refractivity contribution in [3.8, 4) is 0 Å². The van der Waals surface area contributed by atoms with Crippen molar-refractivity contribution in [2.24, 2.45) is 4.99 Å². The summed E-state index contributed by atoms with van der Waals surface area (Å²) in [6.45, 7) is 2.14. The van der Waals surface area contributed by atoms with Crippen LogP contribution in [0, 0.1) is 6.20 Å². The number of amidine groups is 1. The van der Waals surface area contributed by atoms with E-state index in [2.05, 4.69) is 22.2 Å². The van der Waals surface area contributed by atoms with Crippen molar-refractivity contribution in [2.75, 3.05) is 13.1 Å². The van der Waals surface area contributed by atoms with Gasteiger partial charge in [0, 0.05) is 19.5 Å². The summed E-state index contributed by atoms with van der Waals surface area (Å²) in [6, 6.07) is 0. The van der Waals surface area contributed by atoms with Gasteiger partial charge in [-0.05, 0) is 19.3 Å². The largest absolute Gasteiger partial charge is 0.329 e. The maximum absolute atomic E-state index is 4.47. The quantitative estimate of drug-likeness (QED) is 0.510. The van der Waals surface area contributed by atoms with Crippen molar-refractivity contribution in [1.29, 1.82) is 0 Å². The highest BCUT2D eigenvalue weighted by Gasteiger charge is 2.13. The zero-order valence-electron chi connectivity index (χ0n) is 6.71. The molecule has 2 aliphatic heterocycles. The highest BCUT2D eigenvalue weighted by atomic mass is 15.2. The fourth-order valence-corrected chi connectivity index (χ4v) is 1.54. The Kier molecular flexibility index (Phi) is 1.93. The Morgan fingerprint density at radius 3 is 3.45 bits per heavy atom. The van der Waals surface area contributed by atoms with Gasteiger partial charge in [-0.1, -0.05) is 6.08 Å². The van der Waals surface area contributed by atoms with E-state index in [-0.39, 0.29) is 0 Å². The van der Waals surface area contributed by atoms with Crippen molar-refractivity contribution >= 4 is 5.84 Å². The van der Waals surface area contributed by atoms with E-state index in [1.807, 2.05) is 0 Å². The maximum atomic E-state index is 4.47. The van der Waals surface area contributed by atoms with E-state index in [1.54, 1.807) is 0 Å². The first-order valence-corrected chi connectivity index (χ1v) is 4.35. The molecular weight excluding hydrogens is 136 g/mol. The predicted octanol–water partition coefficient (Wildman–Crippen LogP) is 1.59. The summed E-state index contributed by atoms with van der Waals surface area (Å²) >= 11 is 0. The van der Waals surface area contributed by atoms with Crippen molar-refractivity contribution in [3.05, 3.63) is 12.3 Å². The third kappa shape index (κ3) is 1.44. The Hall–Kier alpha value is -0.790. The Morgan fingerprint density at radius 2 is 2.45 bits per heavy atom. The van der Waals surface area contributed by atoms with Crippen LogP contribution in [0.5, 0.6) is 0 Å². The average molecular weight is 149 g/mol. The molecule has 0 fully saturated rings. The Bertz CT molecular complexity index is 194. The van der Waals surface area contributed by atoms with Crippen LogP contribution in [-0.2, 0) is 0 Å². The second-order valence-corrected chi connectivity index (χ2v) is 3.03. The number of nitrogens with zero attached hydrogens (tertiary/aromatic N) is 2. The van der Waals surface area contributed by atoms with Gasteiger partial charge >= 0.3 is 0 Å². The molecule has 0 aromatic rings. The molecule has 0 saturated carbocycles. The SMILES string of the molecule is [C]1=CCCCC2=NCCCN12. The number of aliphatic imine (C=N–C) groups is 1. The third-order valence-corrected chi connectivity index (χ3v) is 2.14.